The Morgan fingerprint density at radius 1 is 0.516 bits per heavy atom. The number of methoxy groups -OCH3 is 2. The summed E-state index contributed by atoms with van der Waals surface area (Å²) in [5.41, 5.74) is 11.0. The summed E-state index contributed by atoms with van der Waals surface area (Å²) in [4.78, 5) is 67.7. The molecule has 10 rings (SSSR count). The van der Waals surface area contributed by atoms with Crippen molar-refractivity contribution in [2.45, 2.75) is 86.7 Å². The lowest BCUT2D eigenvalue weighted by atomic mass is 9.93. The van der Waals surface area contributed by atoms with Gasteiger partial charge in [-0.05, 0) is 124 Å². The molecule has 0 fully saturated rings. The number of aromatic amines is 1. The van der Waals surface area contributed by atoms with E-state index in [-0.39, 0.29) is 23.6 Å². The second-order valence-corrected chi connectivity index (χ2v) is 17.3. The lowest BCUT2D eigenvalue weighted by molar-refractivity contribution is 0.0537. The molecule has 4 heterocycles. The van der Waals surface area contributed by atoms with E-state index in [4.69, 9.17) is 9.47 Å². The average molecular weight is 868 g/mol. The third kappa shape index (κ3) is 6.52. The van der Waals surface area contributed by atoms with Gasteiger partial charge in [0, 0.05) is 10.8 Å². The molecule has 0 spiro atoms. The van der Waals surface area contributed by atoms with Gasteiger partial charge in [-0.2, -0.15) is 0 Å². The quantitative estimate of drug-likeness (QED) is 0.108. The second kappa shape index (κ2) is 17.3. The maximum absolute atomic E-state index is 14.0. The number of aromatic nitrogens is 2. The van der Waals surface area contributed by atoms with Crippen molar-refractivity contribution in [1.29, 1.82) is 0 Å². The molecular formula is C51H61N7O6. The van der Waals surface area contributed by atoms with Gasteiger partial charge in [0.2, 0.25) is 0 Å². The number of carbonyl (C=O) groups excluding carboxylic acids is 4. The Labute approximate surface area is 374 Å². The summed E-state index contributed by atoms with van der Waals surface area (Å²) in [6, 6.07) is 11.9. The molecule has 2 aliphatic heterocycles. The lowest BCUT2D eigenvalue weighted by Crippen LogP contribution is -2.41. The first kappa shape index (κ1) is 43.5. The molecule has 0 bridgehead atoms. The van der Waals surface area contributed by atoms with Crippen molar-refractivity contribution in [1.82, 2.24) is 34.1 Å². The zero-order chi connectivity index (χ0) is 45.1. The monoisotopic (exact) mass is 867 g/mol. The van der Waals surface area contributed by atoms with Gasteiger partial charge >= 0.3 is 0 Å². The van der Waals surface area contributed by atoms with E-state index in [1.807, 2.05) is 44.2 Å². The van der Waals surface area contributed by atoms with E-state index in [0.29, 0.717) is 35.6 Å². The molecule has 0 atom stereocenters. The van der Waals surface area contributed by atoms with Gasteiger partial charge in [0.05, 0.1) is 89.3 Å². The van der Waals surface area contributed by atoms with Crippen LogP contribution in [0, 0.1) is 0 Å². The molecule has 336 valence electrons. The maximum atomic E-state index is 14.0. The molecule has 6 aromatic rings. The van der Waals surface area contributed by atoms with E-state index in [2.05, 4.69) is 58.0 Å². The average Bonchev–Trinajstić information content (AvgIpc) is 4.18. The summed E-state index contributed by atoms with van der Waals surface area (Å²) in [5.74, 6) is 0.801. The van der Waals surface area contributed by atoms with Gasteiger partial charge < -0.3 is 19.0 Å². The van der Waals surface area contributed by atoms with Crippen molar-refractivity contribution >= 4 is 67.2 Å². The topological polar surface area (TPSA) is 124 Å². The predicted octanol–water partition coefficient (Wildman–Crippen LogP) is 8.20. The first-order valence-electron chi connectivity index (χ1n) is 23.3. The van der Waals surface area contributed by atoms with Crippen LogP contribution in [0.2, 0.25) is 0 Å². The summed E-state index contributed by atoms with van der Waals surface area (Å²) in [5, 5.41) is 3.56. The number of hydrogen-bond acceptors (Lipinski definition) is 9. The summed E-state index contributed by atoms with van der Waals surface area (Å²) in [6.45, 7) is 19.0. The predicted molar refractivity (Wildman–Crippen MR) is 252 cm³/mol. The van der Waals surface area contributed by atoms with Crippen LogP contribution in [0.3, 0.4) is 0 Å². The molecule has 13 heteroatoms. The Morgan fingerprint density at radius 2 is 0.969 bits per heavy atom. The Hall–Kier alpha value is -5.76. The molecule has 1 N–H and O–H groups in total. The molecule has 0 saturated heterocycles. The van der Waals surface area contributed by atoms with Crippen molar-refractivity contribution in [2.75, 3.05) is 66.8 Å². The van der Waals surface area contributed by atoms with E-state index >= 15 is 0 Å². The van der Waals surface area contributed by atoms with Crippen molar-refractivity contribution in [3.63, 3.8) is 0 Å². The first-order valence-corrected chi connectivity index (χ1v) is 23.3. The van der Waals surface area contributed by atoms with E-state index in [0.717, 1.165) is 151 Å². The minimum Gasteiger partial charge on any atom is -0.496 e. The Morgan fingerprint density at radius 3 is 1.52 bits per heavy atom. The molecular weight excluding hydrogens is 807 g/mol. The lowest BCUT2D eigenvalue weighted by Gasteiger charge is -2.24. The molecule has 4 aromatic carbocycles. The number of hydrogen-bond donors (Lipinski definition) is 1. The Balaban J connectivity index is 0.000000165. The molecule has 0 radical (unpaired) electrons. The highest BCUT2D eigenvalue weighted by atomic mass is 16.5. The van der Waals surface area contributed by atoms with Crippen LogP contribution in [0.5, 0.6) is 11.5 Å². The maximum Gasteiger partial charge on any atom is 0.263 e. The van der Waals surface area contributed by atoms with E-state index < -0.39 is 0 Å². The molecule has 2 aromatic heterocycles. The zero-order valence-corrected chi connectivity index (χ0v) is 38.7. The van der Waals surface area contributed by atoms with Crippen LogP contribution >= 0.6 is 0 Å². The third-order valence-electron chi connectivity index (χ3n) is 14.4. The highest BCUT2D eigenvalue weighted by molar-refractivity contribution is 6.33. The van der Waals surface area contributed by atoms with E-state index in [1.54, 1.807) is 14.2 Å². The number of carbonyl (C=O) groups is 4. The van der Waals surface area contributed by atoms with Gasteiger partial charge in [0.25, 0.3) is 23.6 Å². The fourth-order valence-electron chi connectivity index (χ4n) is 11.0. The number of amides is 4. The molecule has 0 saturated carbocycles. The van der Waals surface area contributed by atoms with Crippen LogP contribution in [-0.4, -0.2) is 125 Å². The number of nitrogens with zero attached hydrogens (tertiary/aromatic N) is 6. The van der Waals surface area contributed by atoms with Gasteiger partial charge in [0.1, 0.15) is 11.5 Å². The smallest absolute Gasteiger partial charge is 0.263 e. The molecule has 4 amide bonds. The summed E-state index contributed by atoms with van der Waals surface area (Å²) >= 11 is 0. The van der Waals surface area contributed by atoms with Crippen LogP contribution in [0.25, 0.3) is 43.6 Å². The molecule has 0 unspecified atom stereocenters. The highest BCUT2D eigenvalue weighted by Crippen LogP contribution is 2.48. The highest BCUT2D eigenvalue weighted by Gasteiger charge is 2.45. The van der Waals surface area contributed by atoms with Crippen LogP contribution in [0.1, 0.15) is 118 Å². The van der Waals surface area contributed by atoms with E-state index in [1.165, 1.54) is 20.9 Å². The number of benzene rings is 4. The minimum absolute atomic E-state index is 0.142. The number of ether oxygens (including phenoxy) is 2. The molecule has 4 aliphatic rings. The van der Waals surface area contributed by atoms with Crippen molar-refractivity contribution < 1.29 is 28.7 Å². The van der Waals surface area contributed by atoms with Crippen molar-refractivity contribution in [3.8, 4) is 11.5 Å². The summed E-state index contributed by atoms with van der Waals surface area (Å²) in [7, 11) is 3.32. The van der Waals surface area contributed by atoms with Crippen LogP contribution in [-0.2, 0) is 32.4 Å². The zero-order valence-electron chi connectivity index (χ0n) is 38.7. The number of nitrogens with one attached hydrogen (secondary N) is 1. The molecule has 13 nitrogen and oxygen atoms in total. The van der Waals surface area contributed by atoms with Crippen LogP contribution in [0.4, 0.5) is 0 Å². The van der Waals surface area contributed by atoms with Crippen molar-refractivity contribution in [3.05, 3.63) is 80.9 Å². The normalized spacial score (nSPS) is 15.5. The van der Waals surface area contributed by atoms with Gasteiger partial charge in [-0.1, -0.05) is 53.7 Å². The Bertz CT molecular complexity index is 2880. The minimum atomic E-state index is -0.191. The largest absolute Gasteiger partial charge is 0.496 e. The molecule has 2 aliphatic carbocycles. The standard InChI is InChI=1S/C28H36N4O3.C23H25N3O3/c1-6-29(7-2)16-31-20-14-11-15-21(35-5)23(20)24-25-22(18-12-10-13-19(18)26(24)31)27(33)32(28(25)34)17-30(8-3)9-4;1-4-25(5-2)12-26-22(27)17-13-8-6-9-14(13)21-19(20(17)23(26)28)18-15(24-21)10-7-11-16(18)29-3/h11,14-15H,6-10,12-13,16-17H2,1-5H3;7,10-11,24H,4-6,8-9,12H2,1-3H3. The van der Waals surface area contributed by atoms with E-state index in [9.17, 15) is 19.2 Å². The van der Waals surface area contributed by atoms with Gasteiger partial charge in [-0.25, -0.2) is 0 Å². The SMILES string of the molecule is CCN(CC)CN1C(=O)c2c3c(c4[nH]c5cccc(OC)c5c4c2C1=O)CCC3.CCN(CC)CN1C(=O)c2c3c(c4c(c2C1=O)c1c(OC)cccc1n4CN(CC)CC)CCC3. The summed E-state index contributed by atoms with van der Waals surface area (Å²) in [6.07, 6.45) is 5.54. The van der Waals surface area contributed by atoms with Gasteiger partial charge in [-0.15, -0.1) is 0 Å². The van der Waals surface area contributed by atoms with Crippen molar-refractivity contribution in [2.24, 2.45) is 0 Å². The Kier molecular flexibility index (Phi) is 11.8. The van der Waals surface area contributed by atoms with Crippen LogP contribution in [0.15, 0.2) is 36.4 Å². The van der Waals surface area contributed by atoms with Gasteiger partial charge in [0.15, 0.2) is 0 Å². The summed E-state index contributed by atoms with van der Waals surface area (Å²) < 4.78 is 13.8. The number of imide groups is 2. The number of fused-ring (bicyclic) bond motifs is 16. The number of H-pyrrole nitrogens is 1. The first-order chi connectivity index (χ1) is 31.1. The third-order valence-corrected chi connectivity index (χ3v) is 14.4. The fraction of sp³-hybridized carbons (Fsp3) is 0.451. The van der Waals surface area contributed by atoms with Crippen LogP contribution < -0.4 is 9.47 Å². The fourth-order valence-corrected chi connectivity index (χ4v) is 11.0. The van der Waals surface area contributed by atoms with Gasteiger partial charge in [-0.3, -0.25) is 43.7 Å². The number of rotatable bonds is 14. The molecule has 64 heavy (non-hydrogen) atoms. The number of aryl methyl sites for hydroxylation is 2. The second-order valence-electron chi connectivity index (χ2n) is 17.3.